The van der Waals surface area contributed by atoms with Crippen LogP contribution < -0.4 is 10.1 Å². The van der Waals surface area contributed by atoms with Gasteiger partial charge < -0.3 is 15.2 Å². The number of benzene rings is 2. The van der Waals surface area contributed by atoms with Crippen LogP contribution >= 0.6 is 0 Å². The zero-order valence-corrected chi connectivity index (χ0v) is 13.2. The summed E-state index contributed by atoms with van der Waals surface area (Å²) in [4.78, 5) is 23.0. The summed E-state index contributed by atoms with van der Waals surface area (Å²) < 4.78 is 5.53. The van der Waals surface area contributed by atoms with Crippen molar-refractivity contribution in [1.82, 2.24) is 0 Å². The highest BCUT2D eigenvalue weighted by Gasteiger charge is 2.26. The Kier molecular flexibility index (Phi) is 3.71. The number of carbonyl (C=O) groups excluding carboxylic acids is 2. The van der Waals surface area contributed by atoms with Gasteiger partial charge in [0.05, 0.1) is 0 Å². The van der Waals surface area contributed by atoms with Gasteiger partial charge in [-0.05, 0) is 29.8 Å². The molecular formula is C20H15NO4. The first kappa shape index (κ1) is 15.4. The van der Waals surface area contributed by atoms with Gasteiger partial charge in [0.2, 0.25) is 0 Å². The number of anilines is 1. The van der Waals surface area contributed by atoms with E-state index >= 15 is 0 Å². The maximum absolute atomic E-state index is 12.0. The highest BCUT2D eigenvalue weighted by molar-refractivity contribution is 6.05. The van der Waals surface area contributed by atoms with Crippen LogP contribution in [-0.2, 0) is 9.59 Å². The summed E-state index contributed by atoms with van der Waals surface area (Å²) >= 11 is 0. The van der Waals surface area contributed by atoms with Crippen molar-refractivity contribution in [2.24, 2.45) is 0 Å². The number of aliphatic hydroxyl groups excluding tert-OH is 1. The van der Waals surface area contributed by atoms with Gasteiger partial charge in [0, 0.05) is 34.2 Å². The first-order valence-corrected chi connectivity index (χ1v) is 7.88. The number of ether oxygens (including phenoxy) is 1. The van der Waals surface area contributed by atoms with E-state index in [1.165, 1.54) is 6.08 Å². The highest BCUT2D eigenvalue weighted by Crippen LogP contribution is 2.34. The maximum Gasteiger partial charge on any atom is 0.190 e. The molecule has 0 amide bonds. The predicted molar refractivity (Wildman–Crippen MR) is 94.0 cm³/mol. The summed E-state index contributed by atoms with van der Waals surface area (Å²) in [6.45, 7) is 0.272. The Morgan fingerprint density at radius 3 is 2.84 bits per heavy atom. The van der Waals surface area contributed by atoms with Crippen molar-refractivity contribution in [1.29, 1.82) is 0 Å². The monoisotopic (exact) mass is 333 g/mol. The van der Waals surface area contributed by atoms with E-state index in [9.17, 15) is 14.7 Å². The van der Waals surface area contributed by atoms with Crippen molar-refractivity contribution < 1.29 is 19.4 Å². The van der Waals surface area contributed by atoms with Gasteiger partial charge >= 0.3 is 0 Å². The van der Waals surface area contributed by atoms with Crippen LogP contribution in [0.2, 0.25) is 0 Å². The zero-order valence-electron chi connectivity index (χ0n) is 13.2. The van der Waals surface area contributed by atoms with E-state index in [1.54, 1.807) is 18.2 Å². The Bertz CT molecular complexity index is 942. The van der Waals surface area contributed by atoms with Gasteiger partial charge in [-0.25, -0.2) is 0 Å². The van der Waals surface area contributed by atoms with Crippen molar-refractivity contribution in [2.45, 2.75) is 6.10 Å². The quantitative estimate of drug-likeness (QED) is 0.845. The van der Waals surface area contributed by atoms with E-state index in [4.69, 9.17) is 4.74 Å². The van der Waals surface area contributed by atoms with E-state index in [2.05, 4.69) is 5.32 Å². The van der Waals surface area contributed by atoms with Crippen LogP contribution in [0.15, 0.2) is 54.1 Å². The number of hydrogen-bond donors (Lipinski definition) is 2. The third kappa shape index (κ3) is 2.75. The first-order chi connectivity index (χ1) is 12.2. The molecule has 25 heavy (non-hydrogen) atoms. The summed E-state index contributed by atoms with van der Waals surface area (Å²) in [7, 11) is 0. The minimum atomic E-state index is -1.13. The van der Waals surface area contributed by atoms with Crippen LogP contribution in [0.4, 0.5) is 5.69 Å². The van der Waals surface area contributed by atoms with Crippen molar-refractivity contribution in [3.05, 3.63) is 70.8 Å². The minimum Gasteiger partial charge on any atom is -0.488 e. The van der Waals surface area contributed by atoms with Gasteiger partial charge in [-0.15, -0.1) is 0 Å². The van der Waals surface area contributed by atoms with Gasteiger partial charge in [0.1, 0.15) is 24.7 Å². The molecule has 5 heteroatoms. The minimum absolute atomic E-state index is 0.272. The summed E-state index contributed by atoms with van der Waals surface area (Å²) in [5.41, 5.74) is 4.13. The Morgan fingerprint density at radius 2 is 2.00 bits per heavy atom. The zero-order chi connectivity index (χ0) is 17.4. The highest BCUT2D eigenvalue weighted by atomic mass is 16.5. The summed E-state index contributed by atoms with van der Waals surface area (Å²) in [5, 5.41) is 13.3. The Morgan fingerprint density at radius 1 is 1.16 bits per heavy atom. The molecule has 0 saturated carbocycles. The lowest BCUT2D eigenvalue weighted by molar-refractivity contribution is -0.122. The van der Waals surface area contributed by atoms with Crippen LogP contribution in [-0.4, -0.2) is 23.8 Å². The fourth-order valence-corrected chi connectivity index (χ4v) is 3.03. The van der Waals surface area contributed by atoms with E-state index in [0.29, 0.717) is 22.6 Å². The van der Waals surface area contributed by atoms with E-state index in [1.807, 2.05) is 30.3 Å². The van der Waals surface area contributed by atoms with Crippen LogP contribution in [0, 0.1) is 0 Å². The first-order valence-electron chi connectivity index (χ1n) is 7.88. The van der Waals surface area contributed by atoms with E-state index in [-0.39, 0.29) is 12.4 Å². The topological polar surface area (TPSA) is 75.6 Å². The molecule has 0 saturated heterocycles. The van der Waals surface area contributed by atoms with Crippen molar-refractivity contribution in [3.8, 4) is 5.75 Å². The lowest BCUT2D eigenvalue weighted by Crippen LogP contribution is -2.19. The molecule has 2 aliphatic rings. The number of aliphatic hydroxyl groups is 1. The number of rotatable bonds is 3. The molecule has 1 aliphatic heterocycles. The third-order valence-corrected chi connectivity index (χ3v) is 4.28. The summed E-state index contributed by atoms with van der Waals surface area (Å²) in [6.07, 6.45) is 2.85. The number of fused-ring (bicyclic) bond motifs is 2. The molecule has 1 unspecified atom stereocenters. The molecule has 1 aliphatic carbocycles. The molecule has 0 spiro atoms. The molecule has 4 rings (SSSR count). The third-order valence-electron chi connectivity index (χ3n) is 4.28. The van der Waals surface area contributed by atoms with Gasteiger partial charge in [-0.2, -0.15) is 0 Å². The Balaban J connectivity index is 1.70. The summed E-state index contributed by atoms with van der Waals surface area (Å²) in [6, 6.07) is 12.8. The van der Waals surface area contributed by atoms with Crippen molar-refractivity contribution in [2.75, 3.05) is 11.9 Å². The lowest BCUT2D eigenvalue weighted by atomic mass is 9.91. The fourth-order valence-electron chi connectivity index (χ4n) is 3.03. The lowest BCUT2D eigenvalue weighted by Gasteiger charge is -2.23. The average Bonchev–Trinajstić information content (AvgIpc) is 2.65. The molecule has 2 N–H and O–H groups in total. The van der Waals surface area contributed by atoms with Crippen molar-refractivity contribution in [3.63, 3.8) is 0 Å². The van der Waals surface area contributed by atoms with Gasteiger partial charge in [-0.1, -0.05) is 24.3 Å². The van der Waals surface area contributed by atoms with Crippen LogP contribution in [0.5, 0.6) is 5.75 Å². The Labute approximate surface area is 144 Å². The van der Waals surface area contributed by atoms with Crippen LogP contribution in [0.25, 0.3) is 11.8 Å². The molecule has 0 bridgehead atoms. The van der Waals surface area contributed by atoms with Gasteiger partial charge in [-0.3, -0.25) is 9.59 Å². The second-order valence-corrected chi connectivity index (χ2v) is 5.95. The van der Waals surface area contributed by atoms with Crippen LogP contribution in [0.3, 0.4) is 0 Å². The second kappa shape index (κ2) is 6.03. The molecule has 2 aromatic rings. The molecule has 0 radical (unpaired) electrons. The second-order valence-electron chi connectivity index (χ2n) is 5.95. The average molecular weight is 333 g/mol. The van der Waals surface area contributed by atoms with Crippen molar-refractivity contribution >= 4 is 29.5 Å². The van der Waals surface area contributed by atoms with E-state index in [0.717, 1.165) is 23.1 Å². The molecule has 0 aromatic heterocycles. The fraction of sp³-hybridized carbons (Fsp3) is 0.100. The molecule has 2 aromatic carbocycles. The SMILES string of the molecule is O=CC1=Cc2cc(NC3=CC(=O)C(O)c4ccccc43)ccc2OC1. The number of ketones is 1. The Hall–Kier alpha value is -3.18. The largest absolute Gasteiger partial charge is 0.488 e. The normalized spacial score (nSPS) is 18.3. The number of nitrogens with one attached hydrogen (secondary N) is 1. The molecule has 1 heterocycles. The van der Waals surface area contributed by atoms with Gasteiger partial charge in [0.25, 0.3) is 0 Å². The van der Waals surface area contributed by atoms with Crippen LogP contribution in [0.1, 0.15) is 22.8 Å². The predicted octanol–water partition coefficient (Wildman–Crippen LogP) is 2.73. The molecule has 5 nitrogen and oxygen atoms in total. The van der Waals surface area contributed by atoms with E-state index < -0.39 is 6.10 Å². The number of hydrogen-bond acceptors (Lipinski definition) is 5. The maximum atomic E-state index is 12.0. The number of carbonyl (C=O) groups is 2. The standard InChI is InChI=1S/C20H15NO4/c22-10-12-7-13-8-14(5-6-19(13)25-11-12)21-17-9-18(23)20(24)16-4-2-1-3-15(16)17/h1-10,20-21,24H,11H2. The molecule has 0 fully saturated rings. The summed E-state index contributed by atoms with van der Waals surface area (Å²) in [5.74, 6) is 0.353. The molecular weight excluding hydrogens is 318 g/mol. The molecule has 1 atom stereocenters. The number of aldehydes is 1. The molecule has 124 valence electrons. The smallest absolute Gasteiger partial charge is 0.190 e. The van der Waals surface area contributed by atoms with Gasteiger partial charge in [0.15, 0.2) is 5.78 Å².